The summed E-state index contributed by atoms with van der Waals surface area (Å²) < 4.78 is 38.1. The standard InChI is InChI=1S/C14H16F3N3S/c15-14(16,17)8-20-5-3-10(4-6-20)19-11-1-2-12-13(7-11)21-9-18-12/h1-2,7,9-10,19H,3-6,8H2. The number of piperidine rings is 1. The van der Waals surface area contributed by atoms with Gasteiger partial charge < -0.3 is 5.32 Å². The molecule has 0 atom stereocenters. The number of likely N-dealkylation sites (tertiary alicyclic amines) is 1. The molecule has 0 unspecified atom stereocenters. The number of alkyl halides is 3. The molecular weight excluding hydrogens is 299 g/mol. The maximum atomic E-state index is 12.3. The number of nitrogens with one attached hydrogen (secondary N) is 1. The molecule has 0 amide bonds. The fourth-order valence-corrected chi connectivity index (χ4v) is 3.39. The Kier molecular flexibility index (Phi) is 4.03. The molecule has 114 valence electrons. The molecule has 0 radical (unpaired) electrons. The van der Waals surface area contributed by atoms with Crippen LogP contribution in [0.4, 0.5) is 18.9 Å². The molecule has 3 nitrogen and oxygen atoms in total. The lowest BCUT2D eigenvalue weighted by Crippen LogP contribution is -2.43. The summed E-state index contributed by atoms with van der Waals surface area (Å²) in [5.41, 5.74) is 3.80. The minimum Gasteiger partial charge on any atom is -0.382 e. The summed E-state index contributed by atoms with van der Waals surface area (Å²) >= 11 is 1.59. The Morgan fingerprint density at radius 1 is 1.29 bits per heavy atom. The molecule has 0 spiro atoms. The summed E-state index contributed by atoms with van der Waals surface area (Å²) in [6, 6.07) is 6.23. The second-order valence-electron chi connectivity index (χ2n) is 5.34. The number of rotatable bonds is 3. The Morgan fingerprint density at radius 2 is 2.05 bits per heavy atom. The Bertz CT molecular complexity index is 603. The Hall–Kier alpha value is -1.34. The van der Waals surface area contributed by atoms with Crippen molar-refractivity contribution in [1.29, 1.82) is 0 Å². The summed E-state index contributed by atoms with van der Waals surface area (Å²) in [7, 11) is 0. The highest BCUT2D eigenvalue weighted by molar-refractivity contribution is 7.16. The van der Waals surface area contributed by atoms with Crippen LogP contribution >= 0.6 is 11.3 Å². The van der Waals surface area contributed by atoms with Gasteiger partial charge in [-0.05, 0) is 31.0 Å². The lowest BCUT2D eigenvalue weighted by atomic mass is 10.0. The first kappa shape index (κ1) is 14.6. The molecule has 1 aromatic carbocycles. The first-order chi connectivity index (χ1) is 9.99. The fraction of sp³-hybridized carbons (Fsp3) is 0.500. The van der Waals surface area contributed by atoms with Gasteiger partial charge in [-0.1, -0.05) is 0 Å². The number of thiazole rings is 1. The number of fused-ring (bicyclic) bond motifs is 1. The Balaban J connectivity index is 1.55. The molecule has 1 aliphatic heterocycles. The summed E-state index contributed by atoms with van der Waals surface area (Å²) in [6.45, 7) is 0.173. The third-order valence-electron chi connectivity index (χ3n) is 3.69. The number of nitrogens with zero attached hydrogens (tertiary/aromatic N) is 2. The van der Waals surface area contributed by atoms with E-state index in [1.54, 1.807) is 11.3 Å². The van der Waals surface area contributed by atoms with Crippen molar-refractivity contribution in [3.8, 4) is 0 Å². The van der Waals surface area contributed by atoms with Gasteiger partial charge in [0.25, 0.3) is 0 Å². The van der Waals surface area contributed by atoms with Gasteiger partial charge in [-0.25, -0.2) is 4.98 Å². The quantitative estimate of drug-likeness (QED) is 0.935. The monoisotopic (exact) mass is 315 g/mol. The van der Waals surface area contributed by atoms with E-state index in [-0.39, 0.29) is 6.04 Å². The van der Waals surface area contributed by atoms with Crippen molar-refractivity contribution in [2.24, 2.45) is 0 Å². The van der Waals surface area contributed by atoms with E-state index in [2.05, 4.69) is 16.4 Å². The predicted octanol–water partition coefficient (Wildman–Crippen LogP) is 3.73. The van der Waals surface area contributed by atoms with Crippen molar-refractivity contribution in [3.63, 3.8) is 0 Å². The van der Waals surface area contributed by atoms with Crippen LogP contribution in [0.2, 0.25) is 0 Å². The van der Waals surface area contributed by atoms with Crippen LogP contribution in [0, 0.1) is 0 Å². The molecule has 0 bridgehead atoms. The largest absolute Gasteiger partial charge is 0.401 e. The van der Waals surface area contributed by atoms with Gasteiger partial charge in [-0.15, -0.1) is 11.3 Å². The lowest BCUT2D eigenvalue weighted by Gasteiger charge is -2.33. The minimum atomic E-state index is -4.10. The zero-order chi connectivity index (χ0) is 14.9. The molecule has 3 rings (SSSR count). The molecule has 0 aliphatic carbocycles. The van der Waals surface area contributed by atoms with Gasteiger partial charge in [0.05, 0.1) is 22.3 Å². The number of hydrogen-bond donors (Lipinski definition) is 1. The molecule has 2 aromatic rings. The molecule has 1 saturated heterocycles. The molecule has 2 heterocycles. The lowest BCUT2D eigenvalue weighted by molar-refractivity contribution is -0.147. The number of anilines is 1. The van der Waals surface area contributed by atoms with Gasteiger partial charge >= 0.3 is 6.18 Å². The van der Waals surface area contributed by atoms with Gasteiger partial charge in [-0.3, -0.25) is 4.90 Å². The second-order valence-corrected chi connectivity index (χ2v) is 6.23. The molecule has 0 saturated carbocycles. The number of aromatic nitrogens is 1. The first-order valence-corrected chi connectivity index (χ1v) is 7.76. The molecule has 1 N–H and O–H groups in total. The summed E-state index contributed by atoms with van der Waals surface area (Å²) in [5.74, 6) is 0. The molecule has 1 aliphatic rings. The first-order valence-electron chi connectivity index (χ1n) is 6.88. The van der Waals surface area contributed by atoms with Crippen LogP contribution in [0.5, 0.6) is 0 Å². The van der Waals surface area contributed by atoms with E-state index >= 15 is 0 Å². The highest BCUT2D eigenvalue weighted by atomic mass is 32.1. The van der Waals surface area contributed by atoms with E-state index in [1.165, 1.54) is 4.90 Å². The van der Waals surface area contributed by atoms with Crippen molar-refractivity contribution in [2.45, 2.75) is 25.1 Å². The SMILES string of the molecule is FC(F)(F)CN1CCC(Nc2ccc3ncsc3c2)CC1. The van der Waals surface area contributed by atoms with Crippen LogP contribution in [0.25, 0.3) is 10.2 Å². The van der Waals surface area contributed by atoms with Crippen molar-refractivity contribution >= 4 is 27.2 Å². The van der Waals surface area contributed by atoms with Crippen LogP contribution in [-0.2, 0) is 0 Å². The molecule has 1 aromatic heterocycles. The fourth-order valence-electron chi connectivity index (χ4n) is 2.67. The molecule has 1 fully saturated rings. The van der Waals surface area contributed by atoms with Crippen LogP contribution < -0.4 is 5.32 Å². The number of benzene rings is 1. The highest BCUT2D eigenvalue weighted by Gasteiger charge is 2.32. The van der Waals surface area contributed by atoms with Crippen molar-refractivity contribution in [3.05, 3.63) is 23.7 Å². The smallest absolute Gasteiger partial charge is 0.382 e. The van der Waals surface area contributed by atoms with Gasteiger partial charge in [-0.2, -0.15) is 13.2 Å². The average molecular weight is 315 g/mol. The van der Waals surface area contributed by atoms with Crippen molar-refractivity contribution in [2.75, 3.05) is 25.0 Å². The summed E-state index contributed by atoms with van der Waals surface area (Å²) in [4.78, 5) is 5.70. The van der Waals surface area contributed by atoms with Crippen molar-refractivity contribution in [1.82, 2.24) is 9.88 Å². The van der Waals surface area contributed by atoms with Crippen LogP contribution in [0.3, 0.4) is 0 Å². The van der Waals surface area contributed by atoms with Gasteiger partial charge in [0.1, 0.15) is 0 Å². The zero-order valence-corrected chi connectivity index (χ0v) is 12.2. The topological polar surface area (TPSA) is 28.2 Å². The average Bonchev–Trinajstić information content (AvgIpc) is 2.87. The molecular formula is C14H16F3N3S. The third kappa shape index (κ3) is 3.85. The normalized spacial score (nSPS) is 18.2. The van der Waals surface area contributed by atoms with Crippen LogP contribution in [0.1, 0.15) is 12.8 Å². The van der Waals surface area contributed by atoms with E-state index in [0.717, 1.165) is 28.7 Å². The van der Waals surface area contributed by atoms with E-state index < -0.39 is 12.7 Å². The summed E-state index contributed by atoms with van der Waals surface area (Å²) in [5, 5.41) is 3.42. The Labute approximate surface area is 124 Å². The highest BCUT2D eigenvalue weighted by Crippen LogP contribution is 2.25. The predicted molar refractivity (Wildman–Crippen MR) is 78.8 cm³/mol. The van der Waals surface area contributed by atoms with E-state index in [9.17, 15) is 13.2 Å². The maximum Gasteiger partial charge on any atom is 0.401 e. The molecule has 7 heteroatoms. The van der Waals surface area contributed by atoms with E-state index in [0.29, 0.717) is 13.1 Å². The zero-order valence-electron chi connectivity index (χ0n) is 11.4. The van der Waals surface area contributed by atoms with Crippen LogP contribution in [0.15, 0.2) is 23.7 Å². The number of halogens is 3. The van der Waals surface area contributed by atoms with E-state index in [4.69, 9.17) is 0 Å². The second kappa shape index (κ2) is 5.81. The maximum absolute atomic E-state index is 12.3. The number of hydrogen-bond acceptors (Lipinski definition) is 4. The summed E-state index contributed by atoms with van der Waals surface area (Å²) in [6.07, 6.45) is -2.63. The van der Waals surface area contributed by atoms with Gasteiger partial charge in [0, 0.05) is 24.8 Å². The molecule has 21 heavy (non-hydrogen) atoms. The van der Waals surface area contributed by atoms with E-state index in [1.807, 2.05) is 17.6 Å². The minimum absolute atomic E-state index is 0.236. The Morgan fingerprint density at radius 3 is 2.76 bits per heavy atom. The van der Waals surface area contributed by atoms with Gasteiger partial charge in [0.2, 0.25) is 0 Å². The van der Waals surface area contributed by atoms with Crippen LogP contribution in [-0.4, -0.2) is 41.7 Å². The van der Waals surface area contributed by atoms with Crippen molar-refractivity contribution < 1.29 is 13.2 Å². The third-order valence-corrected chi connectivity index (χ3v) is 4.48. The van der Waals surface area contributed by atoms with Gasteiger partial charge in [0.15, 0.2) is 0 Å².